The first kappa shape index (κ1) is 12.7. The fraction of sp³-hybridized carbons (Fsp3) is 0.188. The number of carbonyl (C=O) groups excluding carboxylic acids is 1. The molecular weight excluding hydrogens is 254 g/mol. The van der Waals surface area contributed by atoms with Crippen LogP contribution in [0.15, 0.2) is 54.6 Å². The van der Waals surface area contributed by atoms with E-state index in [2.05, 4.69) is 5.32 Å². The summed E-state index contributed by atoms with van der Waals surface area (Å²) in [6.45, 7) is 2.31. The van der Waals surface area contributed by atoms with Gasteiger partial charge >= 0.3 is 6.09 Å². The lowest BCUT2D eigenvalue weighted by atomic mass is 9.94. The van der Waals surface area contributed by atoms with Crippen LogP contribution in [0.3, 0.4) is 0 Å². The average molecular weight is 269 g/mol. The van der Waals surface area contributed by atoms with Gasteiger partial charge in [0.05, 0.1) is 11.3 Å². The minimum absolute atomic E-state index is 0.427. The largest absolute Gasteiger partial charge is 0.414 e. The Morgan fingerprint density at radius 2 is 1.80 bits per heavy atom. The van der Waals surface area contributed by atoms with Gasteiger partial charge in [-0.1, -0.05) is 42.5 Å². The van der Waals surface area contributed by atoms with Gasteiger partial charge in [-0.25, -0.2) is 4.79 Å². The SMILES string of the molecule is CCOC1(c2ccccc2)OC(=O)Nc2ccccc21. The monoisotopic (exact) mass is 269 g/mol. The van der Waals surface area contributed by atoms with Gasteiger partial charge in [0.2, 0.25) is 0 Å². The number of ether oxygens (including phenoxy) is 2. The van der Waals surface area contributed by atoms with E-state index < -0.39 is 11.9 Å². The molecule has 0 aromatic heterocycles. The quantitative estimate of drug-likeness (QED) is 0.927. The maximum absolute atomic E-state index is 11.9. The third-order valence-corrected chi connectivity index (χ3v) is 3.26. The lowest BCUT2D eigenvalue weighted by Crippen LogP contribution is -2.42. The minimum atomic E-state index is -1.19. The van der Waals surface area contributed by atoms with Crippen LogP contribution in [-0.2, 0) is 15.3 Å². The Hall–Kier alpha value is -2.33. The molecule has 0 saturated heterocycles. The molecular formula is C16H15NO3. The Morgan fingerprint density at radius 3 is 2.55 bits per heavy atom. The summed E-state index contributed by atoms with van der Waals surface area (Å²) in [7, 11) is 0. The number of hydrogen-bond acceptors (Lipinski definition) is 3. The molecule has 0 saturated carbocycles. The van der Waals surface area contributed by atoms with Crippen molar-refractivity contribution in [3.63, 3.8) is 0 Å². The summed E-state index contributed by atoms with van der Waals surface area (Å²) in [5.41, 5.74) is 2.30. The summed E-state index contributed by atoms with van der Waals surface area (Å²) in [6, 6.07) is 17.0. The number of anilines is 1. The molecule has 1 aliphatic heterocycles. The van der Waals surface area contributed by atoms with E-state index in [0.717, 1.165) is 11.1 Å². The third-order valence-electron chi connectivity index (χ3n) is 3.26. The highest BCUT2D eigenvalue weighted by molar-refractivity contribution is 5.89. The van der Waals surface area contributed by atoms with E-state index in [4.69, 9.17) is 9.47 Å². The van der Waals surface area contributed by atoms with Crippen LogP contribution < -0.4 is 5.32 Å². The van der Waals surface area contributed by atoms with Crippen molar-refractivity contribution in [1.82, 2.24) is 0 Å². The number of fused-ring (bicyclic) bond motifs is 1. The van der Waals surface area contributed by atoms with E-state index in [9.17, 15) is 4.79 Å². The van der Waals surface area contributed by atoms with E-state index in [0.29, 0.717) is 12.3 Å². The molecule has 1 heterocycles. The number of amides is 1. The van der Waals surface area contributed by atoms with Crippen molar-refractivity contribution in [2.45, 2.75) is 12.7 Å². The Bertz CT molecular complexity index is 627. The van der Waals surface area contributed by atoms with Crippen LogP contribution in [0.25, 0.3) is 0 Å². The minimum Gasteiger partial charge on any atom is -0.408 e. The average Bonchev–Trinajstić information content (AvgIpc) is 2.48. The van der Waals surface area contributed by atoms with Crippen molar-refractivity contribution in [2.24, 2.45) is 0 Å². The molecule has 4 nitrogen and oxygen atoms in total. The fourth-order valence-electron chi connectivity index (χ4n) is 2.47. The van der Waals surface area contributed by atoms with Gasteiger partial charge < -0.3 is 9.47 Å². The smallest absolute Gasteiger partial charge is 0.408 e. The second-order valence-corrected chi connectivity index (χ2v) is 4.48. The summed E-state index contributed by atoms with van der Waals surface area (Å²) in [6.07, 6.45) is -0.513. The highest BCUT2D eigenvalue weighted by atomic mass is 16.7. The molecule has 4 heteroatoms. The maximum Gasteiger partial charge on any atom is 0.414 e. The van der Waals surface area contributed by atoms with E-state index in [1.807, 2.05) is 61.5 Å². The predicted octanol–water partition coefficient (Wildman–Crippen LogP) is 3.49. The Balaban J connectivity index is 2.23. The van der Waals surface area contributed by atoms with Gasteiger partial charge in [0.1, 0.15) is 0 Å². The van der Waals surface area contributed by atoms with Crippen molar-refractivity contribution < 1.29 is 14.3 Å². The summed E-state index contributed by atoms with van der Waals surface area (Å²) in [4.78, 5) is 11.9. The van der Waals surface area contributed by atoms with Crippen LogP contribution in [-0.4, -0.2) is 12.7 Å². The molecule has 0 aliphatic carbocycles. The van der Waals surface area contributed by atoms with Gasteiger partial charge in [-0.2, -0.15) is 0 Å². The second-order valence-electron chi connectivity index (χ2n) is 4.48. The molecule has 1 unspecified atom stereocenters. The molecule has 20 heavy (non-hydrogen) atoms. The standard InChI is InChI=1S/C16H15NO3/c1-2-19-16(12-8-4-3-5-9-12)13-10-6-7-11-14(13)17-15(18)20-16/h3-11H,2H2,1H3,(H,17,18). The Kier molecular flexibility index (Phi) is 3.16. The lowest BCUT2D eigenvalue weighted by Gasteiger charge is -2.38. The topological polar surface area (TPSA) is 47.6 Å². The van der Waals surface area contributed by atoms with E-state index >= 15 is 0 Å². The highest BCUT2D eigenvalue weighted by Crippen LogP contribution is 2.42. The fourth-order valence-corrected chi connectivity index (χ4v) is 2.47. The molecule has 3 rings (SSSR count). The number of hydrogen-bond donors (Lipinski definition) is 1. The van der Waals surface area contributed by atoms with E-state index in [-0.39, 0.29) is 0 Å². The van der Waals surface area contributed by atoms with E-state index in [1.54, 1.807) is 0 Å². The molecule has 1 amide bonds. The number of carbonyl (C=O) groups is 1. The van der Waals surface area contributed by atoms with E-state index in [1.165, 1.54) is 0 Å². The molecule has 1 aliphatic rings. The van der Waals surface area contributed by atoms with Gasteiger partial charge in [0.25, 0.3) is 5.79 Å². The molecule has 1 atom stereocenters. The van der Waals surface area contributed by atoms with Gasteiger partial charge in [-0.15, -0.1) is 0 Å². The van der Waals surface area contributed by atoms with Crippen LogP contribution in [0, 0.1) is 0 Å². The molecule has 102 valence electrons. The first-order chi connectivity index (χ1) is 9.76. The Labute approximate surface area is 117 Å². The van der Waals surface area contributed by atoms with Crippen LogP contribution >= 0.6 is 0 Å². The number of nitrogens with one attached hydrogen (secondary N) is 1. The van der Waals surface area contributed by atoms with Gasteiger partial charge in [-0.05, 0) is 19.1 Å². The van der Waals surface area contributed by atoms with Crippen LogP contribution in [0.4, 0.5) is 10.5 Å². The number of cyclic esters (lactones) is 1. The van der Waals surface area contributed by atoms with Crippen molar-refractivity contribution in [3.05, 3.63) is 65.7 Å². The van der Waals surface area contributed by atoms with Crippen LogP contribution in [0.2, 0.25) is 0 Å². The number of benzene rings is 2. The molecule has 2 aromatic carbocycles. The molecule has 0 radical (unpaired) electrons. The second kappa shape index (κ2) is 4.98. The van der Waals surface area contributed by atoms with Crippen molar-refractivity contribution in [3.8, 4) is 0 Å². The summed E-state index contributed by atoms with van der Waals surface area (Å²) >= 11 is 0. The zero-order valence-electron chi connectivity index (χ0n) is 11.1. The van der Waals surface area contributed by atoms with Crippen molar-refractivity contribution in [2.75, 3.05) is 11.9 Å². The zero-order valence-corrected chi connectivity index (χ0v) is 11.1. The van der Waals surface area contributed by atoms with Gasteiger partial charge in [0.15, 0.2) is 0 Å². The first-order valence-corrected chi connectivity index (χ1v) is 6.55. The van der Waals surface area contributed by atoms with Crippen molar-refractivity contribution in [1.29, 1.82) is 0 Å². The number of rotatable bonds is 3. The predicted molar refractivity (Wildman–Crippen MR) is 75.4 cm³/mol. The third kappa shape index (κ3) is 1.94. The first-order valence-electron chi connectivity index (χ1n) is 6.55. The van der Waals surface area contributed by atoms with Crippen LogP contribution in [0.1, 0.15) is 18.1 Å². The van der Waals surface area contributed by atoms with Crippen molar-refractivity contribution >= 4 is 11.8 Å². The van der Waals surface area contributed by atoms with Crippen LogP contribution in [0.5, 0.6) is 0 Å². The molecule has 0 fully saturated rings. The normalized spacial score (nSPS) is 20.8. The summed E-state index contributed by atoms with van der Waals surface area (Å²) in [5.74, 6) is -1.19. The lowest BCUT2D eigenvalue weighted by molar-refractivity contribution is -0.176. The molecule has 0 spiro atoms. The molecule has 1 N–H and O–H groups in total. The number of para-hydroxylation sites is 1. The highest BCUT2D eigenvalue weighted by Gasteiger charge is 2.44. The zero-order chi connectivity index (χ0) is 14.0. The summed E-state index contributed by atoms with van der Waals surface area (Å²) in [5, 5.41) is 2.70. The molecule has 0 bridgehead atoms. The van der Waals surface area contributed by atoms with Gasteiger partial charge in [0, 0.05) is 12.2 Å². The maximum atomic E-state index is 11.9. The Morgan fingerprint density at radius 1 is 1.10 bits per heavy atom. The van der Waals surface area contributed by atoms with Gasteiger partial charge in [-0.3, -0.25) is 5.32 Å². The molecule has 2 aromatic rings. The summed E-state index contributed by atoms with van der Waals surface area (Å²) < 4.78 is 11.4.